The fourth-order valence-electron chi connectivity index (χ4n) is 0.289. The van der Waals surface area contributed by atoms with Gasteiger partial charge in [-0.3, -0.25) is 4.79 Å². The van der Waals surface area contributed by atoms with Crippen LogP contribution in [0.4, 0.5) is 0 Å². The molecule has 0 aliphatic carbocycles. The smallest absolute Gasteiger partial charge is 0.334 e. The minimum Gasteiger partial charge on any atom is -0.480 e. The van der Waals surface area contributed by atoms with Gasteiger partial charge in [-0.1, -0.05) is 0 Å². The van der Waals surface area contributed by atoms with Crippen molar-refractivity contribution in [1.29, 1.82) is 0 Å². The first-order chi connectivity index (χ1) is 4.46. The van der Waals surface area contributed by atoms with E-state index in [-0.39, 0.29) is 12.4 Å². The van der Waals surface area contributed by atoms with Crippen LogP contribution < -0.4 is 5.73 Å². The minimum atomic E-state index is -2.04. The van der Waals surface area contributed by atoms with Crippen molar-refractivity contribution in [3.63, 3.8) is 0 Å². The molecule has 0 saturated heterocycles. The third-order valence-electron chi connectivity index (χ3n) is 0.878. The van der Waals surface area contributed by atoms with Gasteiger partial charge in [0, 0.05) is 0 Å². The van der Waals surface area contributed by atoms with Crippen LogP contribution >= 0.6 is 12.4 Å². The second-order valence-electron chi connectivity index (χ2n) is 1.65. The number of hydrogen-bond acceptors (Lipinski definition) is 4. The molecule has 11 heavy (non-hydrogen) atoms. The van der Waals surface area contributed by atoms with E-state index in [2.05, 4.69) is 0 Å². The Morgan fingerprint density at radius 3 is 1.64 bits per heavy atom. The minimum absolute atomic E-state index is 0. The predicted octanol–water partition coefficient (Wildman–Crippen LogP) is -1.73. The van der Waals surface area contributed by atoms with Gasteiger partial charge in [-0.2, -0.15) is 0 Å². The summed E-state index contributed by atoms with van der Waals surface area (Å²) in [5, 5.41) is 24.5. The van der Waals surface area contributed by atoms with E-state index in [1.807, 2.05) is 0 Å². The molecular weight excluding hydrogens is 177 g/mol. The molecule has 0 spiro atoms. The number of carboxylic acids is 2. The first kappa shape index (κ1) is 12.8. The van der Waals surface area contributed by atoms with Gasteiger partial charge in [-0.15, -0.1) is 12.4 Å². The molecular formula is C4H8ClNO5. The molecule has 0 radical (unpaired) electrons. The molecule has 2 atom stereocenters. The van der Waals surface area contributed by atoms with Crippen molar-refractivity contribution in [2.45, 2.75) is 12.1 Å². The Labute approximate surface area is 68.0 Å². The van der Waals surface area contributed by atoms with E-state index < -0.39 is 24.1 Å². The van der Waals surface area contributed by atoms with Crippen LogP contribution in [-0.4, -0.2) is 39.4 Å². The average Bonchev–Trinajstić information content (AvgIpc) is 1.84. The van der Waals surface area contributed by atoms with Crippen molar-refractivity contribution in [3.05, 3.63) is 0 Å². The zero-order chi connectivity index (χ0) is 8.31. The van der Waals surface area contributed by atoms with Crippen LogP contribution in [-0.2, 0) is 9.59 Å². The Hall–Kier alpha value is -0.850. The molecule has 0 fully saturated rings. The fraction of sp³-hybridized carbons (Fsp3) is 0.500. The molecule has 0 aliphatic heterocycles. The lowest BCUT2D eigenvalue weighted by Crippen LogP contribution is -2.46. The van der Waals surface area contributed by atoms with Crippen LogP contribution in [0.15, 0.2) is 0 Å². The molecule has 66 valence electrons. The third-order valence-corrected chi connectivity index (χ3v) is 0.878. The van der Waals surface area contributed by atoms with Gasteiger partial charge >= 0.3 is 11.9 Å². The van der Waals surface area contributed by atoms with Crippen molar-refractivity contribution >= 4 is 24.3 Å². The Balaban J connectivity index is 0. The highest BCUT2D eigenvalue weighted by Crippen LogP contribution is 1.89. The van der Waals surface area contributed by atoms with E-state index >= 15 is 0 Å². The van der Waals surface area contributed by atoms with Crippen LogP contribution in [0.2, 0.25) is 0 Å². The number of nitrogens with two attached hydrogens (primary N) is 1. The highest BCUT2D eigenvalue weighted by molar-refractivity contribution is 5.85. The Morgan fingerprint density at radius 2 is 1.55 bits per heavy atom. The molecule has 0 saturated carbocycles. The standard InChI is InChI=1S/C4H7NO5.ClH/c5-1(3(7)8)2(6)4(9)10;/h1-2,6H,5H2,(H,7,8)(H,9,10);1H. The van der Waals surface area contributed by atoms with Gasteiger partial charge in [0.2, 0.25) is 0 Å². The number of aliphatic hydroxyl groups is 1. The molecule has 0 bridgehead atoms. The number of halogens is 1. The SMILES string of the molecule is Cl.NC(C(=O)O)C(O)C(=O)O. The van der Waals surface area contributed by atoms with Crippen LogP contribution in [0.25, 0.3) is 0 Å². The number of hydrogen-bond donors (Lipinski definition) is 4. The van der Waals surface area contributed by atoms with Crippen LogP contribution in [0.3, 0.4) is 0 Å². The number of aliphatic carboxylic acids is 2. The van der Waals surface area contributed by atoms with Crippen molar-refractivity contribution in [2.24, 2.45) is 5.73 Å². The van der Waals surface area contributed by atoms with Crippen molar-refractivity contribution in [3.8, 4) is 0 Å². The van der Waals surface area contributed by atoms with Gasteiger partial charge in [0.1, 0.15) is 6.04 Å². The third kappa shape index (κ3) is 3.76. The first-order valence-electron chi connectivity index (χ1n) is 2.36. The van der Waals surface area contributed by atoms with E-state index in [4.69, 9.17) is 21.1 Å². The molecule has 0 aromatic heterocycles. The van der Waals surface area contributed by atoms with Crippen LogP contribution in [0.1, 0.15) is 0 Å². The van der Waals surface area contributed by atoms with Crippen LogP contribution in [0, 0.1) is 0 Å². The van der Waals surface area contributed by atoms with E-state index in [1.165, 1.54) is 0 Å². The molecule has 0 aliphatic rings. The normalized spacial score (nSPS) is 14.4. The van der Waals surface area contributed by atoms with E-state index in [0.29, 0.717) is 0 Å². The van der Waals surface area contributed by atoms with Crippen LogP contribution in [0.5, 0.6) is 0 Å². The Bertz CT molecular complexity index is 143. The molecule has 2 unspecified atom stereocenters. The lowest BCUT2D eigenvalue weighted by molar-refractivity contribution is -0.154. The maximum absolute atomic E-state index is 9.90. The topological polar surface area (TPSA) is 121 Å². The summed E-state index contributed by atoms with van der Waals surface area (Å²) in [7, 11) is 0. The summed E-state index contributed by atoms with van der Waals surface area (Å²) in [6, 6.07) is -1.77. The predicted molar refractivity (Wildman–Crippen MR) is 36.5 cm³/mol. The van der Waals surface area contributed by atoms with Crippen molar-refractivity contribution in [1.82, 2.24) is 0 Å². The van der Waals surface area contributed by atoms with E-state index in [1.54, 1.807) is 0 Å². The fourth-order valence-corrected chi connectivity index (χ4v) is 0.289. The first-order valence-corrected chi connectivity index (χ1v) is 2.36. The zero-order valence-corrected chi connectivity index (χ0v) is 6.11. The molecule has 0 amide bonds. The second kappa shape index (κ2) is 4.89. The molecule has 0 aromatic carbocycles. The Kier molecular flexibility index (Phi) is 5.69. The maximum atomic E-state index is 9.90. The quantitative estimate of drug-likeness (QED) is 0.415. The maximum Gasteiger partial charge on any atom is 0.334 e. The number of rotatable bonds is 3. The monoisotopic (exact) mass is 185 g/mol. The van der Waals surface area contributed by atoms with E-state index in [0.717, 1.165) is 0 Å². The van der Waals surface area contributed by atoms with Gasteiger partial charge < -0.3 is 21.1 Å². The van der Waals surface area contributed by atoms with Gasteiger partial charge in [0.25, 0.3) is 0 Å². The largest absolute Gasteiger partial charge is 0.480 e. The van der Waals surface area contributed by atoms with Crippen molar-refractivity contribution in [2.75, 3.05) is 0 Å². The number of aliphatic hydroxyl groups excluding tert-OH is 1. The average molecular weight is 186 g/mol. The summed E-state index contributed by atoms with van der Waals surface area (Å²) in [4.78, 5) is 19.7. The Morgan fingerprint density at radius 1 is 1.18 bits per heavy atom. The lowest BCUT2D eigenvalue weighted by Gasteiger charge is -2.08. The van der Waals surface area contributed by atoms with Gasteiger partial charge in [0.05, 0.1) is 0 Å². The van der Waals surface area contributed by atoms with E-state index in [9.17, 15) is 9.59 Å². The number of carbonyl (C=O) groups is 2. The summed E-state index contributed by atoms with van der Waals surface area (Å²) in [5.74, 6) is -3.19. The van der Waals surface area contributed by atoms with Crippen molar-refractivity contribution < 1.29 is 24.9 Å². The van der Waals surface area contributed by atoms with Gasteiger partial charge in [-0.25, -0.2) is 4.79 Å². The molecule has 7 heteroatoms. The summed E-state index contributed by atoms with van der Waals surface area (Å²) in [6.45, 7) is 0. The highest BCUT2D eigenvalue weighted by atomic mass is 35.5. The lowest BCUT2D eigenvalue weighted by atomic mass is 10.2. The molecule has 6 nitrogen and oxygen atoms in total. The molecule has 0 aromatic rings. The summed E-state index contributed by atoms with van der Waals surface area (Å²) >= 11 is 0. The molecule has 0 heterocycles. The van der Waals surface area contributed by atoms with Gasteiger partial charge in [-0.05, 0) is 0 Å². The molecule has 0 rings (SSSR count). The van der Waals surface area contributed by atoms with Gasteiger partial charge in [0.15, 0.2) is 6.10 Å². The highest BCUT2D eigenvalue weighted by Gasteiger charge is 2.27. The summed E-state index contributed by atoms with van der Waals surface area (Å²) < 4.78 is 0. The zero-order valence-electron chi connectivity index (χ0n) is 5.30. The summed E-state index contributed by atoms with van der Waals surface area (Å²) in [6.07, 6.45) is -2.04. The molecule has 5 N–H and O–H groups in total. The summed E-state index contributed by atoms with van der Waals surface area (Å²) in [5.41, 5.74) is 4.73. The second-order valence-corrected chi connectivity index (χ2v) is 1.65. The number of carboxylic acid groups (broad SMARTS) is 2.